The first-order chi connectivity index (χ1) is 4.69. The van der Waals surface area contributed by atoms with E-state index in [4.69, 9.17) is 0 Å². The third kappa shape index (κ3) is 4.26. The van der Waals surface area contributed by atoms with Gasteiger partial charge in [0.05, 0.1) is 0 Å². The van der Waals surface area contributed by atoms with E-state index in [1.165, 1.54) is 0 Å². The topological polar surface area (TPSA) is 0 Å². The number of hydrogen-bond acceptors (Lipinski definition) is 0. The average molecular weight is 377 g/mol. The molecule has 0 amide bonds. The van der Waals surface area contributed by atoms with Gasteiger partial charge in [-0.15, -0.1) is 0 Å². The van der Waals surface area contributed by atoms with Crippen LogP contribution in [0.1, 0.15) is 6.92 Å². The van der Waals surface area contributed by atoms with Gasteiger partial charge < -0.3 is 0 Å². The van der Waals surface area contributed by atoms with E-state index < -0.39 is 26.5 Å². The van der Waals surface area contributed by atoms with Gasteiger partial charge in [0.25, 0.3) is 0 Å². The Morgan fingerprint density at radius 2 is 1.09 bits per heavy atom. The summed E-state index contributed by atoms with van der Waals surface area (Å²) in [6.45, 7) is 17.6. The molecule has 0 unspecified atom stereocenters. The van der Waals surface area contributed by atoms with Crippen molar-refractivity contribution in [3.05, 3.63) is 0 Å². The predicted molar refractivity (Wildman–Crippen MR) is 63.9 cm³/mol. The summed E-state index contributed by atoms with van der Waals surface area (Å²) in [7, 11) is 0. The van der Waals surface area contributed by atoms with Crippen LogP contribution < -0.4 is 0 Å². The van der Waals surface area contributed by atoms with Crippen LogP contribution in [0.5, 0.6) is 0 Å². The summed E-state index contributed by atoms with van der Waals surface area (Å²) in [5.41, 5.74) is 0. The first-order valence-corrected chi connectivity index (χ1v) is 18.8. The SMILES string of the molecule is C[CH]=[Pt]([PH](C)(C)C)[PH](C)(C)C. The van der Waals surface area contributed by atoms with Gasteiger partial charge in [-0.1, -0.05) is 0 Å². The predicted octanol–water partition coefficient (Wildman–Crippen LogP) is 2.54. The molecule has 0 saturated carbocycles. The second-order valence-electron chi connectivity index (χ2n) is 4.39. The third-order valence-corrected chi connectivity index (χ3v) is 52.9. The summed E-state index contributed by atoms with van der Waals surface area (Å²) >= 11 is -0.624. The van der Waals surface area contributed by atoms with Crippen LogP contribution >= 0.6 is 10.7 Å². The molecule has 0 aromatic rings. The van der Waals surface area contributed by atoms with Crippen LogP contribution in [-0.4, -0.2) is 44.4 Å². The summed E-state index contributed by atoms with van der Waals surface area (Å²) in [6, 6.07) is 0. The van der Waals surface area contributed by atoms with Gasteiger partial charge in [0.2, 0.25) is 0 Å². The molecule has 0 nitrogen and oxygen atoms in total. The average Bonchev–Trinajstić information content (AvgIpc) is 1.56. The molecule has 0 aliphatic heterocycles. The van der Waals surface area contributed by atoms with Crippen LogP contribution in [0.15, 0.2) is 0 Å². The molecule has 0 aliphatic carbocycles. The Bertz CT molecular complexity index is 144. The molecule has 0 rings (SSSR count). The second-order valence-corrected chi connectivity index (χ2v) is 44.1. The van der Waals surface area contributed by atoms with E-state index in [1.807, 2.05) is 0 Å². The summed E-state index contributed by atoms with van der Waals surface area (Å²) in [5, 5.41) is -1.52. The Kier molecular flexibility index (Phi) is 4.61. The van der Waals surface area contributed by atoms with Gasteiger partial charge in [-0.05, 0) is 0 Å². The zero-order valence-corrected chi connectivity index (χ0v) is 13.2. The molecular weight excluding hydrogens is 353 g/mol. The Morgan fingerprint density at radius 3 is 1.09 bits per heavy atom. The monoisotopic (exact) mass is 377 g/mol. The van der Waals surface area contributed by atoms with Crippen molar-refractivity contribution in [3.8, 4) is 0 Å². The summed E-state index contributed by atoms with van der Waals surface area (Å²) in [4.78, 5) is 0. The normalized spacial score (nSPS) is 17.5. The van der Waals surface area contributed by atoms with Gasteiger partial charge in [-0.3, -0.25) is 0 Å². The van der Waals surface area contributed by atoms with Gasteiger partial charge >= 0.3 is 77.9 Å². The quantitative estimate of drug-likeness (QED) is 0.649. The van der Waals surface area contributed by atoms with Crippen molar-refractivity contribution in [1.29, 1.82) is 0 Å². The van der Waals surface area contributed by atoms with Crippen molar-refractivity contribution in [1.82, 2.24) is 0 Å². The second kappa shape index (κ2) is 4.08. The molecule has 3 heteroatoms. The van der Waals surface area contributed by atoms with E-state index in [1.54, 1.807) is 0 Å². The van der Waals surface area contributed by atoms with Crippen molar-refractivity contribution in [2.75, 3.05) is 40.0 Å². The van der Waals surface area contributed by atoms with E-state index in [0.29, 0.717) is 0 Å². The van der Waals surface area contributed by atoms with Crippen molar-refractivity contribution in [3.63, 3.8) is 0 Å². The Hall–Kier alpha value is 1.42. The Morgan fingerprint density at radius 1 is 0.818 bits per heavy atom. The zero-order valence-electron chi connectivity index (χ0n) is 8.89. The number of hydrogen-bond donors (Lipinski definition) is 0. The molecule has 0 N–H and O–H groups in total. The van der Waals surface area contributed by atoms with Gasteiger partial charge in [-0.2, -0.15) is 0 Å². The van der Waals surface area contributed by atoms with Gasteiger partial charge in [0, 0.05) is 0 Å². The Labute approximate surface area is 77.8 Å². The van der Waals surface area contributed by atoms with Crippen LogP contribution in [0.4, 0.5) is 0 Å². The first-order valence-electron chi connectivity index (χ1n) is 4.08. The fourth-order valence-corrected chi connectivity index (χ4v) is 65.9. The molecular formula is C8H24P2Pt. The molecule has 0 bridgehead atoms. The minimum atomic E-state index is -0.758. The van der Waals surface area contributed by atoms with Gasteiger partial charge in [0.15, 0.2) is 0 Å². The molecule has 0 aromatic carbocycles. The van der Waals surface area contributed by atoms with E-state index >= 15 is 0 Å². The molecule has 0 spiro atoms. The van der Waals surface area contributed by atoms with Crippen molar-refractivity contribution >= 4 is 15.1 Å². The van der Waals surface area contributed by atoms with Gasteiger partial charge in [-0.25, -0.2) is 0 Å². The summed E-state index contributed by atoms with van der Waals surface area (Å²) in [5.74, 6) is 0. The van der Waals surface area contributed by atoms with E-state index in [-0.39, 0.29) is 0 Å². The maximum atomic E-state index is 2.61. The molecule has 0 aliphatic rings. The minimum absolute atomic E-state index is 0.624. The van der Waals surface area contributed by atoms with Crippen molar-refractivity contribution in [2.45, 2.75) is 6.92 Å². The maximum absolute atomic E-state index is 2.61. The van der Waals surface area contributed by atoms with Crippen molar-refractivity contribution < 1.29 is 15.8 Å². The molecule has 0 aromatic heterocycles. The van der Waals surface area contributed by atoms with Gasteiger partial charge in [0.1, 0.15) is 0 Å². The number of rotatable bonds is 2. The Balaban J connectivity index is 4.74. The molecule has 0 radical (unpaired) electrons. The first kappa shape index (κ1) is 12.4. The van der Waals surface area contributed by atoms with Crippen LogP contribution in [-0.2, 0) is 15.8 Å². The van der Waals surface area contributed by atoms with E-state index in [9.17, 15) is 0 Å². The third-order valence-electron chi connectivity index (χ3n) is 1.20. The fourth-order valence-electron chi connectivity index (χ4n) is 1.26. The summed E-state index contributed by atoms with van der Waals surface area (Å²) in [6.07, 6.45) is 0. The van der Waals surface area contributed by atoms with Crippen molar-refractivity contribution in [2.24, 2.45) is 0 Å². The zero-order chi connectivity index (χ0) is 9.28. The molecule has 0 heterocycles. The molecule has 11 heavy (non-hydrogen) atoms. The fraction of sp³-hybridized carbons (Fsp3) is 0.875. The molecule has 0 atom stereocenters. The van der Waals surface area contributed by atoms with Crippen LogP contribution in [0.25, 0.3) is 0 Å². The van der Waals surface area contributed by atoms with Crippen LogP contribution in [0.2, 0.25) is 0 Å². The molecule has 76 valence electrons. The van der Waals surface area contributed by atoms with E-state index in [0.717, 1.165) is 0 Å². The standard InChI is InChI=1S/2C3H9P.C2H4.Pt/c2*1-4(2)3;1-2;/h2*1-3H3;1H,2H3;/q;;;-2/p+2. The van der Waals surface area contributed by atoms with Crippen LogP contribution in [0, 0.1) is 0 Å². The molecule has 0 fully saturated rings. The summed E-state index contributed by atoms with van der Waals surface area (Å²) < 4.78 is 2.61. The molecule has 0 saturated heterocycles. The van der Waals surface area contributed by atoms with Crippen LogP contribution in [0.3, 0.4) is 0 Å². The van der Waals surface area contributed by atoms with E-state index in [2.05, 4.69) is 51.3 Å².